The molecule has 1 aromatic carbocycles. The summed E-state index contributed by atoms with van der Waals surface area (Å²) in [5, 5.41) is 3.23. The van der Waals surface area contributed by atoms with E-state index in [1.807, 2.05) is 38.1 Å². The monoisotopic (exact) mass is 263 g/mol. The molecule has 0 saturated carbocycles. The Morgan fingerprint density at radius 1 is 1.47 bits per heavy atom. The number of nitrogens with one attached hydrogen (secondary N) is 1. The molecule has 0 radical (unpaired) electrons. The number of anilines is 1. The summed E-state index contributed by atoms with van der Waals surface area (Å²) in [7, 11) is 0. The van der Waals surface area contributed by atoms with Gasteiger partial charge in [0.2, 0.25) is 0 Å². The van der Waals surface area contributed by atoms with Gasteiger partial charge in [0, 0.05) is 12.3 Å². The zero-order valence-corrected chi connectivity index (χ0v) is 11.5. The highest BCUT2D eigenvalue weighted by molar-refractivity contribution is 5.80. The molecule has 0 aromatic heterocycles. The van der Waals surface area contributed by atoms with Crippen LogP contribution in [-0.2, 0) is 14.3 Å². The van der Waals surface area contributed by atoms with Crippen LogP contribution in [-0.4, -0.2) is 31.3 Å². The van der Waals surface area contributed by atoms with Crippen molar-refractivity contribution in [3.05, 3.63) is 29.8 Å². The van der Waals surface area contributed by atoms with Crippen molar-refractivity contribution in [3.8, 4) is 0 Å². The van der Waals surface area contributed by atoms with Gasteiger partial charge in [0.15, 0.2) is 6.04 Å². The van der Waals surface area contributed by atoms with Gasteiger partial charge in [-0.3, -0.25) is 0 Å². The molecule has 2 atom stereocenters. The van der Waals surface area contributed by atoms with Crippen LogP contribution < -0.4 is 5.32 Å². The molecule has 104 valence electrons. The van der Waals surface area contributed by atoms with Gasteiger partial charge in [-0.05, 0) is 38.8 Å². The van der Waals surface area contributed by atoms with E-state index in [2.05, 4.69) is 5.32 Å². The third-order valence-corrected chi connectivity index (χ3v) is 3.25. The first kappa shape index (κ1) is 13.9. The Balaban J connectivity index is 2.08. The van der Waals surface area contributed by atoms with Crippen LogP contribution in [0.1, 0.15) is 25.3 Å². The van der Waals surface area contributed by atoms with Gasteiger partial charge in [-0.2, -0.15) is 0 Å². The second-order valence-corrected chi connectivity index (χ2v) is 4.79. The Labute approximate surface area is 114 Å². The molecule has 1 N–H and O–H groups in total. The van der Waals surface area contributed by atoms with Gasteiger partial charge in [-0.15, -0.1) is 0 Å². The van der Waals surface area contributed by atoms with Crippen LogP contribution in [0.4, 0.5) is 5.69 Å². The van der Waals surface area contributed by atoms with Gasteiger partial charge in [-0.25, -0.2) is 4.79 Å². The highest BCUT2D eigenvalue weighted by atomic mass is 16.5. The maximum atomic E-state index is 12.0. The molecule has 4 heteroatoms. The lowest BCUT2D eigenvalue weighted by molar-refractivity contribution is -0.146. The maximum absolute atomic E-state index is 12.0. The summed E-state index contributed by atoms with van der Waals surface area (Å²) in [5.74, 6) is -0.241. The molecule has 1 saturated heterocycles. The van der Waals surface area contributed by atoms with Crippen LogP contribution in [0.3, 0.4) is 0 Å². The van der Waals surface area contributed by atoms with Crippen LogP contribution in [0.15, 0.2) is 24.3 Å². The fourth-order valence-corrected chi connectivity index (χ4v) is 2.23. The summed E-state index contributed by atoms with van der Waals surface area (Å²) < 4.78 is 10.7. The van der Waals surface area contributed by atoms with E-state index in [9.17, 15) is 4.79 Å². The van der Waals surface area contributed by atoms with E-state index in [0.717, 1.165) is 25.1 Å². The number of hydrogen-bond acceptors (Lipinski definition) is 4. The van der Waals surface area contributed by atoms with E-state index in [1.54, 1.807) is 0 Å². The summed E-state index contributed by atoms with van der Waals surface area (Å²) >= 11 is 0. The first-order valence-electron chi connectivity index (χ1n) is 6.82. The lowest BCUT2D eigenvalue weighted by atomic mass is 10.1. The highest BCUT2D eigenvalue weighted by Crippen LogP contribution is 2.20. The Hall–Kier alpha value is -1.55. The number of carbonyl (C=O) groups is 1. The fourth-order valence-electron chi connectivity index (χ4n) is 2.23. The number of rotatable bonds is 5. The molecular formula is C15H21NO3. The number of hydrogen-bond donors (Lipinski definition) is 1. The van der Waals surface area contributed by atoms with E-state index >= 15 is 0 Å². The molecule has 1 aromatic rings. The van der Waals surface area contributed by atoms with Crippen molar-refractivity contribution in [1.29, 1.82) is 0 Å². The van der Waals surface area contributed by atoms with Gasteiger partial charge in [0.25, 0.3) is 0 Å². The first-order valence-corrected chi connectivity index (χ1v) is 6.82. The Morgan fingerprint density at radius 2 is 2.21 bits per heavy atom. The zero-order chi connectivity index (χ0) is 13.7. The van der Waals surface area contributed by atoms with E-state index in [1.165, 1.54) is 5.56 Å². The first-order chi connectivity index (χ1) is 9.20. The van der Waals surface area contributed by atoms with Crippen LogP contribution in [0.25, 0.3) is 0 Å². The number of carbonyl (C=O) groups excluding carboxylic acids is 1. The predicted molar refractivity (Wildman–Crippen MR) is 74.2 cm³/mol. The minimum Gasteiger partial charge on any atom is -0.464 e. The average Bonchev–Trinajstić information content (AvgIpc) is 2.92. The van der Waals surface area contributed by atoms with Crippen molar-refractivity contribution in [1.82, 2.24) is 0 Å². The summed E-state index contributed by atoms with van der Waals surface area (Å²) in [6.45, 7) is 4.96. The average molecular weight is 263 g/mol. The molecule has 1 fully saturated rings. The molecule has 19 heavy (non-hydrogen) atoms. The number of benzene rings is 1. The molecule has 1 aliphatic heterocycles. The summed E-state index contributed by atoms with van der Waals surface area (Å²) in [6, 6.07) is 7.54. The van der Waals surface area contributed by atoms with Crippen molar-refractivity contribution in [2.24, 2.45) is 0 Å². The molecule has 2 rings (SSSR count). The normalized spacial score (nSPS) is 20.0. The lowest BCUT2D eigenvalue weighted by Crippen LogP contribution is -2.41. The summed E-state index contributed by atoms with van der Waals surface area (Å²) in [5.41, 5.74) is 2.11. The van der Waals surface area contributed by atoms with E-state index < -0.39 is 6.04 Å². The number of aryl methyl sites for hydroxylation is 1. The van der Waals surface area contributed by atoms with Gasteiger partial charge in [0.05, 0.1) is 12.7 Å². The van der Waals surface area contributed by atoms with Crippen molar-refractivity contribution >= 4 is 11.7 Å². The Bertz CT molecular complexity index is 410. The van der Waals surface area contributed by atoms with Gasteiger partial charge in [0.1, 0.15) is 0 Å². The Kier molecular flexibility index (Phi) is 4.80. The van der Waals surface area contributed by atoms with E-state index in [0.29, 0.717) is 6.61 Å². The molecule has 1 heterocycles. The Morgan fingerprint density at radius 3 is 2.79 bits per heavy atom. The quantitative estimate of drug-likeness (QED) is 0.829. The third kappa shape index (κ3) is 3.70. The van der Waals surface area contributed by atoms with Gasteiger partial charge >= 0.3 is 5.97 Å². The zero-order valence-electron chi connectivity index (χ0n) is 11.5. The van der Waals surface area contributed by atoms with Crippen LogP contribution in [0.2, 0.25) is 0 Å². The lowest BCUT2D eigenvalue weighted by Gasteiger charge is -2.23. The van der Waals surface area contributed by atoms with Crippen molar-refractivity contribution in [2.75, 3.05) is 18.5 Å². The second-order valence-electron chi connectivity index (χ2n) is 4.79. The number of esters is 1. The van der Waals surface area contributed by atoms with Gasteiger partial charge in [-0.1, -0.05) is 17.7 Å². The second kappa shape index (κ2) is 6.57. The third-order valence-electron chi connectivity index (χ3n) is 3.25. The number of ether oxygens (including phenoxy) is 2. The molecule has 1 aliphatic rings. The van der Waals surface area contributed by atoms with E-state index in [4.69, 9.17) is 9.47 Å². The van der Waals surface area contributed by atoms with Crippen molar-refractivity contribution in [2.45, 2.75) is 38.8 Å². The fraction of sp³-hybridized carbons (Fsp3) is 0.533. The smallest absolute Gasteiger partial charge is 0.331 e. The van der Waals surface area contributed by atoms with Crippen molar-refractivity contribution in [3.63, 3.8) is 0 Å². The molecule has 4 nitrogen and oxygen atoms in total. The standard InChI is InChI=1S/C15H21NO3/c1-3-18-15(17)14(13-5-4-10-19-13)16-12-8-6-11(2)7-9-12/h6-9,13-14,16H,3-5,10H2,1-2H3. The molecule has 0 bridgehead atoms. The molecule has 2 unspecified atom stereocenters. The van der Waals surface area contributed by atoms with Gasteiger partial charge < -0.3 is 14.8 Å². The molecular weight excluding hydrogens is 242 g/mol. The largest absolute Gasteiger partial charge is 0.464 e. The van der Waals surface area contributed by atoms with Crippen LogP contribution in [0, 0.1) is 6.92 Å². The molecule has 0 amide bonds. The maximum Gasteiger partial charge on any atom is 0.331 e. The SMILES string of the molecule is CCOC(=O)C(Nc1ccc(C)cc1)C1CCCO1. The summed E-state index contributed by atoms with van der Waals surface area (Å²) in [6.07, 6.45) is 1.79. The topological polar surface area (TPSA) is 47.6 Å². The molecule has 0 aliphatic carbocycles. The minimum atomic E-state index is -0.426. The summed E-state index contributed by atoms with van der Waals surface area (Å²) in [4.78, 5) is 12.0. The van der Waals surface area contributed by atoms with Crippen LogP contribution >= 0.6 is 0 Å². The predicted octanol–water partition coefficient (Wildman–Crippen LogP) is 2.52. The minimum absolute atomic E-state index is 0.0969. The van der Waals surface area contributed by atoms with Crippen molar-refractivity contribution < 1.29 is 14.3 Å². The highest BCUT2D eigenvalue weighted by Gasteiger charge is 2.32. The molecule has 0 spiro atoms. The van der Waals surface area contributed by atoms with Crippen LogP contribution in [0.5, 0.6) is 0 Å². The van der Waals surface area contributed by atoms with E-state index in [-0.39, 0.29) is 12.1 Å².